The Hall–Kier alpha value is -1.09. The van der Waals surface area contributed by atoms with Gasteiger partial charge in [-0.05, 0) is 54.3 Å². The standard InChI is InChI=1S/C17H16Cl2FN/c18-15-2-1-3-16(19)17(15)13-8-9-21-10-14(13)11-4-6-12(20)7-5-11/h1-7,13-14,21H,8-10H2. The fourth-order valence-corrected chi connectivity index (χ4v) is 3.81. The molecule has 21 heavy (non-hydrogen) atoms. The molecule has 3 rings (SSSR count). The van der Waals surface area contributed by atoms with Crippen LogP contribution in [0, 0.1) is 5.82 Å². The summed E-state index contributed by atoms with van der Waals surface area (Å²) in [6, 6.07) is 12.3. The van der Waals surface area contributed by atoms with Crippen molar-refractivity contribution >= 4 is 23.2 Å². The van der Waals surface area contributed by atoms with Gasteiger partial charge in [0.2, 0.25) is 0 Å². The third kappa shape index (κ3) is 3.08. The van der Waals surface area contributed by atoms with Gasteiger partial charge in [-0.25, -0.2) is 4.39 Å². The van der Waals surface area contributed by atoms with Crippen LogP contribution in [-0.2, 0) is 0 Å². The maximum atomic E-state index is 13.1. The molecule has 1 fully saturated rings. The van der Waals surface area contributed by atoms with E-state index in [-0.39, 0.29) is 17.7 Å². The molecule has 1 aliphatic heterocycles. The van der Waals surface area contributed by atoms with Crippen LogP contribution in [0.3, 0.4) is 0 Å². The molecule has 1 saturated heterocycles. The van der Waals surface area contributed by atoms with E-state index in [2.05, 4.69) is 5.32 Å². The van der Waals surface area contributed by atoms with Gasteiger partial charge in [-0.3, -0.25) is 0 Å². The van der Waals surface area contributed by atoms with Crippen LogP contribution in [0.5, 0.6) is 0 Å². The van der Waals surface area contributed by atoms with Gasteiger partial charge in [0.1, 0.15) is 5.82 Å². The Labute approximate surface area is 134 Å². The molecule has 2 aromatic rings. The summed E-state index contributed by atoms with van der Waals surface area (Å²) in [5.41, 5.74) is 2.13. The Kier molecular flexibility index (Phi) is 4.48. The van der Waals surface area contributed by atoms with Crippen molar-refractivity contribution < 1.29 is 4.39 Å². The van der Waals surface area contributed by atoms with Crippen LogP contribution in [0.4, 0.5) is 4.39 Å². The Morgan fingerprint density at radius 2 is 1.62 bits per heavy atom. The second-order valence-electron chi connectivity index (χ2n) is 5.39. The number of halogens is 3. The molecule has 1 nitrogen and oxygen atoms in total. The van der Waals surface area contributed by atoms with E-state index in [1.165, 1.54) is 12.1 Å². The van der Waals surface area contributed by atoms with Crippen molar-refractivity contribution in [2.75, 3.05) is 13.1 Å². The van der Waals surface area contributed by atoms with Gasteiger partial charge in [0.15, 0.2) is 0 Å². The van der Waals surface area contributed by atoms with Crippen molar-refractivity contribution in [1.29, 1.82) is 0 Å². The third-order valence-corrected chi connectivity index (χ3v) is 4.81. The lowest BCUT2D eigenvalue weighted by Gasteiger charge is -2.34. The summed E-state index contributed by atoms with van der Waals surface area (Å²) in [6.45, 7) is 1.78. The Morgan fingerprint density at radius 1 is 0.952 bits per heavy atom. The van der Waals surface area contributed by atoms with Crippen molar-refractivity contribution in [2.45, 2.75) is 18.3 Å². The predicted octanol–water partition coefficient (Wildman–Crippen LogP) is 4.99. The smallest absolute Gasteiger partial charge is 0.123 e. The van der Waals surface area contributed by atoms with Crippen LogP contribution in [-0.4, -0.2) is 13.1 Å². The average Bonchev–Trinajstić information content (AvgIpc) is 2.48. The van der Waals surface area contributed by atoms with E-state index in [9.17, 15) is 4.39 Å². The van der Waals surface area contributed by atoms with E-state index in [1.807, 2.05) is 30.3 Å². The van der Waals surface area contributed by atoms with Crippen molar-refractivity contribution in [1.82, 2.24) is 5.32 Å². The van der Waals surface area contributed by atoms with Gasteiger partial charge in [-0.1, -0.05) is 41.4 Å². The third-order valence-electron chi connectivity index (χ3n) is 4.15. The maximum Gasteiger partial charge on any atom is 0.123 e. The van der Waals surface area contributed by atoms with Crippen LogP contribution >= 0.6 is 23.2 Å². The Balaban J connectivity index is 2.00. The fraction of sp³-hybridized carbons (Fsp3) is 0.294. The normalized spacial score (nSPS) is 22.2. The number of hydrogen-bond acceptors (Lipinski definition) is 1. The summed E-state index contributed by atoms with van der Waals surface area (Å²) >= 11 is 12.8. The summed E-state index contributed by atoms with van der Waals surface area (Å²) in [5.74, 6) is 0.282. The molecular weight excluding hydrogens is 308 g/mol. The summed E-state index contributed by atoms with van der Waals surface area (Å²) in [6.07, 6.45) is 0.964. The van der Waals surface area contributed by atoms with Gasteiger partial charge >= 0.3 is 0 Å². The van der Waals surface area contributed by atoms with Gasteiger partial charge < -0.3 is 5.32 Å². The minimum atomic E-state index is -0.213. The number of hydrogen-bond donors (Lipinski definition) is 1. The first-order valence-electron chi connectivity index (χ1n) is 7.07. The lowest BCUT2D eigenvalue weighted by atomic mass is 9.77. The van der Waals surface area contributed by atoms with E-state index >= 15 is 0 Å². The number of rotatable bonds is 2. The lowest BCUT2D eigenvalue weighted by molar-refractivity contribution is 0.404. The van der Waals surface area contributed by atoms with E-state index in [0.29, 0.717) is 10.0 Å². The lowest BCUT2D eigenvalue weighted by Crippen LogP contribution is -2.34. The quantitative estimate of drug-likeness (QED) is 0.820. The molecular formula is C17H16Cl2FN. The molecule has 0 spiro atoms. The molecule has 2 unspecified atom stereocenters. The van der Waals surface area contributed by atoms with Crippen LogP contribution in [0.1, 0.15) is 29.4 Å². The molecule has 0 bridgehead atoms. The van der Waals surface area contributed by atoms with E-state index in [4.69, 9.17) is 23.2 Å². The second kappa shape index (κ2) is 6.35. The molecule has 1 aliphatic rings. The van der Waals surface area contributed by atoms with Crippen molar-refractivity contribution in [3.63, 3.8) is 0 Å². The molecule has 1 N–H and O–H groups in total. The highest BCUT2D eigenvalue weighted by atomic mass is 35.5. The molecule has 2 atom stereocenters. The van der Waals surface area contributed by atoms with Crippen LogP contribution < -0.4 is 5.32 Å². The topological polar surface area (TPSA) is 12.0 Å². The second-order valence-corrected chi connectivity index (χ2v) is 6.21. The summed E-state index contributed by atoms with van der Waals surface area (Å²) < 4.78 is 13.1. The molecule has 2 aromatic carbocycles. The maximum absolute atomic E-state index is 13.1. The summed E-state index contributed by atoms with van der Waals surface area (Å²) in [7, 11) is 0. The molecule has 1 heterocycles. The van der Waals surface area contributed by atoms with Crippen molar-refractivity contribution in [3.8, 4) is 0 Å². The number of benzene rings is 2. The zero-order valence-electron chi connectivity index (χ0n) is 11.5. The van der Waals surface area contributed by atoms with E-state index < -0.39 is 0 Å². The minimum Gasteiger partial charge on any atom is -0.316 e. The van der Waals surface area contributed by atoms with Crippen LogP contribution in [0.2, 0.25) is 10.0 Å². The van der Waals surface area contributed by atoms with Gasteiger partial charge in [-0.2, -0.15) is 0 Å². The fourth-order valence-electron chi connectivity index (χ4n) is 3.13. The minimum absolute atomic E-state index is 0.213. The van der Waals surface area contributed by atoms with Gasteiger partial charge in [0.25, 0.3) is 0 Å². The highest BCUT2D eigenvalue weighted by Gasteiger charge is 2.30. The van der Waals surface area contributed by atoms with Crippen molar-refractivity contribution in [3.05, 3.63) is 69.5 Å². The highest BCUT2D eigenvalue weighted by molar-refractivity contribution is 6.36. The predicted molar refractivity (Wildman–Crippen MR) is 85.8 cm³/mol. The molecule has 110 valence electrons. The molecule has 0 aromatic heterocycles. The summed E-state index contributed by atoms with van der Waals surface area (Å²) in [4.78, 5) is 0. The zero-order chi connectivity index (χ0) is 14.8. The average molecular weight is 324 g/mol. The van der Waals surface area contributed by atoms with Crippen LogP contribution in [0.25, 0.3) is 0 Å². The number of nitrogens with one attached hydrogen (secondary N) is 1. The van der Waals surface area contributed by atoms with Gasteiger partial charge in [0, 0.05) is 22.5 Å². The molecule has 0 aliphatic carbocycles. The Morgan fingerprint density at radius 3 is 2.29 bits per heavy atom. The first kappa shape index (κ1) is 14.8. The summed E-state index contributed by atoms with van der Waals surface area (Å²) in [5, 5.41) is 4.83. The molecule has 4 heteroatoms. The first-order chi connectivity index (χ1) is 10.2. The SMILES string of the molecule is Fc1ccc(C2CNCCC2c2c(Cl)cccc2Cl)cc1. The van der Waals surface area contributed by atoms with Crippen molar-refractivity contribution in [2.24, 2.45) is 0 Å². The highest BCUT2D eigenvalue weighted by Crippen LogP contribution is 2.43. The monoisotopic (exact) mass is 323 g/mol. The largest absolute Gasteiger partial charge is 0.316 e. The van der Waals surface area contributed by atoms with E-state index in [0.717, 1.165) is 30.6 Å². The van der Waals surface area contributed by atoms with E-state index in [1.54, 1.807) is 0 Å². The van der Waals surface area contributed by atoms with Gasteiger partial charge in [0.05, 0.1) is 0 Å². The first-order valence-corrected chi connectivity index (χ1v) is 7.82. The molecule has 0 amide bonds. The molecule has 0 saturated carbocycles. The van der Waals surface area contributed by atoms with Crippen LogP contribution in [0.15, 0.2) is 42.5 Å². The zero-order valence-corrected chi connectivity index (χ0v) is 13.0. The molecule has 0 radical (unpaired) electrons. The Bertz CT molecular complexity index is 607. The number of piperidine rings is 1. The van der Waals surface area contributed by atoms with Gasteiger partial charge in [-0.15, -0.1) is 0 Å².